The quantitative estimate of drug-likeness (QED) is 0.786. The number of likely N-dealkylation sites (tertiary alicyclic amines) is 2. The Labute approximate surface area is 177 Å². The predicted octanol–water partition coefficient (Wildman–Crippen LogP) is 2.63. The summed E-state index contributed by atoms with van der Waals surface area (Å²) in [5.74, 6) is -2.25. The number of furan rings is 1. The van der Waals surface area contributed by atoms with E-state index >= 15 is 0 Å². The summed E-state index contributed by atoms with van der Waals surface area (Å²) in [4.78, 5) is 25.8. The van der Waals surface area contributed by atoms with Gasteiger partial charge in [-0.05, 0) is 24.5 Å². The maximum absolute atomic E-state index is 12.4. The first-order chi connectivity index (χ1) is 14.5. The van der Waals surface area contributed by atoms with Gasteiger partial charge in [-0.25, -0.2) is 4.79 Å². The van der Waals surface area contributed by atoms with Crippen LogP contribution in [0.4, 0.5) is 13.2 Å². The number of amides is 1. The fraction of sp³-hybridized carbons (Fsp3) is 0.550. The lowest BCUT2D eigenvalue weighted by Crippen LogP contribution is -2.53. The monoisotopic (exact) mass is 442 g/mol. The maximum atomic E-state index is 12.4. The number of carbonyl (C=O) groups is 2. The molecular formula is C20H25F3N4O4. The van der Waals surface area contributed by atoms with E-state index in [0.717, 1.165) is 32.5 Å². The third-order valence-electron chi connectivity index (χ3n) is 6.15. The molecule has 11 heteroatoms. The van der Waals surface area contributed by atoms with Crippen LogP contribution in [0.3, 0.4) is 0 Å². The van der Waals surface area contributed by atoms with Gasteiger partial charge >= 0.3 is 12.1 Å². The van der Waals surface area contributed by atoms with E-state index in [9.17, 15) is 18.0 Å². The van der Waals surface area contributed by atoms with Crippen molar-refractivity contribution in [1.29, 1.82) is 0 Å². The lowest BCUT2D eigenvalue weighted by atomic mass is 9.74. The molecule has 0 aliphatic carbocycles. The van der Waals surface area contributed by atoms with Crippen LogP contribution in [0.1, 0.15) is 36.3 Å². The molecule has 1 N–H and O–H groups in total. The SMILES string of the molecule is CN1C(=O)CC(c2cnn(C)c2)C12CCN(Cc1ccoc1)CC2.O=C(O)C(F)(F)F. The number of rotatable bonds is 3. The normalized spacial score (nSPS) is 21.3. The first-order valence-corrected chi connectivity index (χ1v) is 9.81. The Kier molecular flexibility index (Phi) is 6.44. The number of aromatic nitrogens is 2. The van der Waals surface area contributed by atoms with Crippen LogP contribution in [0.15, 0.2) is 35.4 Å². The fourth-order valence-corrected chi connectivity index (χ4v) is 4.45. The lowest BCUT2D eigenvalue weighted by Gasteiger charge is -2.46. The first kappa shape index (κ1) is 22.9. The number of carboxylic acids is 1. The molecule has 2 aliphatic heterocycles. The number of halogens is 3. The molecule has 2 aliphatic rings. The molecule has 1 amide bonds. The molecule has 0 radical (unpaired) electrons. The van der Waals surface area contributed by atoms with E-state index in [1.54, 1.807) is 6.26 Å². The van der Waals surface area contributed by atoms with Gasteiger partial charge in [-0.15, -0.1) is 0 Å². The molecule has 2 saturated heterocycles. The van der Waals surface area contributed by atoms with Crippen molar-refractivity contribution in [2.45, 2.75) is 43.4 Å². The van der Waals surface area contributed by atoms with Gasteiger partial charge in [-0.1, -0.05) is 0 Å². The number of piperidine rings is 1. The molecule has 31 heavy (non-hydrogen) atoms. The number of nitrogens with zero attached hydrogens (tertiary/aromatic N) is 4. The summed E-state index contributed by atoms with van der Waals surface area (Å²) in [5.41, 5.74) is 2.34. The number of alkyl halides is 3. The van der Waals surface area contributed by atoms with Crippen molar-refractivity contribution in [3.63, 3.8) is 0 Å². The lowest BCUT2D eigenvalue weighted by molar-refractivity contribution is -0.192. The summed E-state index contributed by atoms with van der Waals surface area (Å²) >= 11 is 0. The van der Waals surface area contributed by atoms with Crippen LogP contribution >= 0.6 is 0 Å². The van der Waals surface area contributed by atoms with Gasteiger partial charge in [0, 0.05) is 57.8 Å². The zero-order valence-corrected chi connectivity index (χ0v) is 17.3. The van der Waals surface area contributed by atoms with Crippen LogP contribution < -0.4 is 0 Å². The standard InChI is InChI=1S/C18H24N4O2.C2HF3O2/c1-20-12-15(10-19-20)16-9-17(23)21(2)18(16)4-6-22(7-5-18)11-14-3-8-24-13-14;3-2(4,5)1(6)7/h3,8,10,12-13,16H,4-7,9,11H2,1-2H3;(H,6,7). The number of carbonyl (C=O) groups excluding carboxylic acids is 1. The van der Waals surface area contributed by atoms with Crippen LogP contribution in [0.5, 0.6) is 0 Å². The average Bonchev–Trinajstić information content (AvgIpc) is 3.41. The zero-order chi connectivity index (χ0) is 22.8. The molecule has 1 atom stereocenters. The Hall–Kier alpha value is -2.82. The van der Waals surface area contributed by atoms with Gasteiger partial charge in [0.15, 0.2) is 0 Å². The second-order valence-electron chi connectivity index (χ2n) is 7.97. The van der Waals surface area contributed by atoms with Crippen LogP contribution in [0.2, 0.25) is 0 Å². The van der Waals surface area contributed by atoms with E-state index in [0.29, 0.717) is 6.42 Å². The van der Waals surface area contributed by atoms with Gasteiger partial charge in [0.1, 0.15) is 0 Å². The molecule has 1 spiro atoms. The summed E-state index contributed by atoms with van der Waals surface area (Å²) in [5, 5.41) is 11.4. The highest BCUT2D eigenvalue weighted by molar-refractivity contribution is 5.81. The highest BCUT2D eigenvalue weighted by Crippen LogP contribution is 2.48. The van der Waals surface area contributed by atoms with Crippen molar-refractivity contribution in [3.8, 4) is 0 Å². The van der Waals surface area contributed by atoms with Crippen molar-refractivity contribution in [3.05, 3.63) is 42.1 Å². The third-order valence-corrected chi connectivity index (χ3v) is 6.15. The minimum absolute atomic E-state index is 0.0625. The van der Waals surface area contributed by atoms with Crippen LogP contribution in [-0.2, 0) is 23.2 Å². The van der Waals surface area contributed by atoms with Crippen LogP contribution in [0, 0.1) is 0 Å². The smallest absolute Gasteiger partial charge is 0.475 e. The largest absolute Gasteiger partial charge is 0.490 e. The molecule has 1 unspecified atom stereocenters. The molecular weight excluding hydrogens is 417 g/mol. The Balaban J connectivity index is 0.000000339. The Morgan fingerprint density at radius 2 is 1.97 bits per heavy atom. The Bertz CT molecular complexity index is 902. The molecule has 4 rings (SSSR count). The minimum atomic E-state index is -5.08. The fourth-order valence-electron chi connectivity index (χ4n) is 4.45. The number of carboxylic acid groups (broad SMARTS) is 1. The molecule has 2 aromatic rings. The summed E-state index contributed by atoms with van der Waals surface area (Å²) in [6.45, 7) is 2.92. The van der Waals surface area contributed by atoms with Crippen molar-refractivity contribution < 1.29 is 32.3 Å². The molecule has 2 aromatic heterocycles. The van der Waals surface area contributed by atoms with Gasteiger partial charge in [0.05, 0.1) is 24.3 Å². The number of hydrogen-bond acceptors (Lipinski definition) is 5. The van der Waals surface area contributed by atoms with E-state index in [1.807, 2.05) is 42.2 Å². The number of aliphatic carboxylic acids is 1. The molecule has 0 saturated carbocycles. The van der Waals surface area contributed by atoms with E-state index in [1.165, 1.54) is 11.1 Å². The highest BCUT2D eigenvalue weighted by Gasteiger charge is 2.52. The van der Waals surface area contributed by atoms with Crippen molar-refractivity contribution in [1.82, 2.24) is 19.6 Å². The summed E-state index contributed by atoms with van der Waals surface area (Å²) in [6, 6.07) is 2.02. The number of likely N-dealkylation sites (N-methyl/N-ethyl adjacent to an activating group) is 1. The second kappa shape index (κ2) is 8.74. The highest BCUT2D eigenvalue weighted by atomic mass is 19.4. The van der Waals surface area contributed by atoms with E-state index in [4.69, 9.17) is 14.3 Å². The van der Waals surface area contributed by atoms with Crippen molar-refractivity contribution >= 4 is 11.9 Å². The molecule has 4 heterocycles. The van der Waals surface area contributed by atoms with Crippen molar-refractivity contribution in [2.24, 2.45) is 7.05 Å². The van der Waals surface area contributed by atoms with E-state index in [-0.39, 0.29) is 17.4 Å². The molecule has 2 fully saturated rings. The predicted molar refractivity (Wildman–Crippen MR) is 103 cm³/mol. The van der Waals surface area contributed by atoms with Gasteiger partial charge in [0.2, 0.25) is 5.91 Å². The molecule has 0 bridgehead atoms. The minimum Gasteiger partial charge on any atom is -0.475 e. The number of aryl methyl sites for hydroxylation is 1. The average molecular weight is 442 g/mol. The summed E-state index contributed by atoms with van der Waals surface area (Å²) in [7, 11) is 3.91. The Morgan fingerprint density at radius 1 is 1.32 bits per heavy atom. The second-order valence-corrected chi connectivity index (χ2v) is 7.97. The topological polar surface area (TPSA) is 91.8 Å². The van der Waals surface area contributed by atoms with E-state index in [2.05, 4.69) is 16.2 Å². The Morgan fingerprint density at radius 3 is 2.45 bits per heavy atom. The van der Waals surface area contributed by atoms with Gasteiger partial charge < -0.3 is 14.4 Å². The maximum Gasteiger partial charge on any atom is 0.490 e. The number of hydrogen-bond donors (Lipinski definition) is 1. The van der Waals surface area contributed by atoms with Gasteiger partial charge in [-0.2, -0.15) is 18.3 Å². The van der Waals surface area contributed by atoms with Crippen LogP contribution in [0.25, 0.3) is 0 Å². The molecule has 8 nitrogen and oxygen atoms in total. The molecule has 170 valence electrons. The summed E-state index contributed by atoms with van der Waals surface area (Å²) in [6.07, 6.45) is 5.06. The van der Waals surface area contributed by atoms with Gasteiger partial charge in [-0.3, -0.25) is 14.4 Å². The molecule has 0 aromatic carbocycles. The third kappa shape index (κ3) is 4.92. The van der Waals surface area contributed by atoms with E-state index < -0.39 is 12.1 Å². The van der Waals surface area contributed by atoms with Gasteiger partial charge in [0.25, 0.3) is 0 Å². The zero-order valence-electron chi connectivity index (χ0n) is 17.3. The van der Waals surface area contributed by atoms with Crippen molar-refractivity contribution in [2.75, 3.05) is 20.1 Å². The van der Waals surface area contributed by atoms with Crippen LogP contribution in [-0.4, -0.2) is 68.4 Å². The summed E-state index contributed by atoms with van der Waals surface area (Å²) < 4.78 is 38.7. The first-order valence-electron chi connectivity index (χ1n) is 9.81.